The summed E-state index contributed by atoms with van der Waals surface area (Å²) in [6, 6.07) is 0. The van der Waals surface area contributed by atoms with E-state index in [-0.39, 0.29) is 5.91 Å². The van der Waals surface area contributed by atoms with Gasteiger partial charge in [-0.05, 0) is 66.6 Å². The number of fused-ring (bicyclic) bond motifs is 1. The Morgan fingerprint density at radius 2 is 2.08 bits per heavy atom. The van der Waals surface area contributed by atoms with Gasteiger partial charge in [-0.1, -0.05) is 42.0 Å². The van der Waals surface area contributed by atoms with Crippen LogP contribution in [0.3, 0.4) is 0 Å². The average molecular weight is 319 g/mol. The second kappa shape index (κ2) is 5.08. The summed E-state index contributed by atoms with van der Waals surface area (Å²) in [5.74, 6) is 2.08. The van der Waals surface area contributed by atoms with Crippen LogP contribution in [0.4, 0.5) is 0 Å². The number of nitrogens with one attached hydrogen (secondary N) is 1. The minimum Gasteiger partial charge on any atom is -0.352 e. The molecule has 24 heavy (non-hydrogen) atoms. The molecule has 2 fully saturated rings. The average Bonchev–Trinajstić information content (AvgIpc) is 3.07. The molecule has 1 amide bonds. The third kappa shape index (κ3) is 2.05. The summed E-state index contributed by atoms with van der Waals surface area (Å²) in [5.41, 5.74) is 6.06. The molecule has 1 spiro atoms. The monoisotopic (exact) mass is 319 g/mol. The van der Waals surface area contributed by atoms with Crippen LogP contribution >= 0.6 is 0 Å². The van der Waals surface area contributed by atoms with Gasteiger partial charge in [0.1, 0.15) is 0 Å². The highest BCUT2D eigenvalue weighted by molar-refractivity contribution is 5.80. The number of amides is 1. The Labute approximate surface area is 144 Å². The van der Waals surface area contributed by atoms with Crippen LogP contribution in [0.1, 0.15) is 39.0 Å². The molecule has 0 aromatic rings. The molecule has 0 radical (unpaired) electrons. The van der Waals surface area contributed by atoms with E-state index in [0.29, 0.717) is 17.8 Å². The highest BCUT2D eigenvalue weighted by Gasteiger charge is 2.61. The second-order valence-corrected chi connectivity index (χ2v) is 8.24. The Hall–Kier alpha value is -1.83. The van der Waals surface area contributed by atoms with Crippen LogP contribution < -0.4 is 5.32 Å². The van der Waals surface area contributed by atoms with Crippen molar-refractivity contribution in [3.8, 4) is 0 Å². The normalized spacial score (nSPS) is 33.8. The third-order valence-electron chi connectivity index (χ3n) is 7.06. The molecule has 2 bridgehead atoms. The zero-order valence-electron chi connectivity index (χ0n) is 14.3. The minimum atomic E-state index is 0.171. The lowest BCUT2D eigenvalue weighted by atomic mass is 9.86. The Bertz CT molecular complexity index is 757. The number of allylic oxidation sites excluding steroid dienone is 8. The first-order valence-corrected chi connectivity index (χ1v) is 9.41. The van der Waals surface area contributed by atoms with Crippen molar-refractivity contribution in [3.05, 3.63) is 58.7 Å². The predicted molar refractivity (Wildman–Crippen MR) is 96.1 cm³/mol. The molecule has 3 atom stereocenters. The van der Waals surface area contributed by atoms with Crippen LogP contribution in [0.25, 0.3) is 0 Å². The quantitative estimate of drug-likeness (QED) is 0.772. The first-order chi connectivity index (χ1) is 11.7. The van der Waals surface area contributed by atoms with Gasteiger partial charge >= 0.3 is 0 Å². The van der Waals surface area contributed by atoms with E-state index in [1.165, 1.54) is 48.0 Å². The molecule has 5 rings (SSSR count). The fraction of sp³-hybridized carbons (Fsp3) is 0.500. The Kier molecular flexibility index (Phi) is 3.07. The smallest absolute Gasteiger partial charge is 0.224 e. The van der Waals surface area contributed by atoms with Gasteiger partial charge in [-0.15, -0.1) is 0 Å². The molecular formula is C22H25NO. The lowest BCUT2D eigenvalue weighted by molar-refractivity contribution is -0.120. The van der Waals surface area contributed by atoms with Crippen molar-refractivity contribution >= 4 is 5.91 Å². The summed E-state index contributed by atoms with van der Waals surface area (Å²) in [5, 5.41) is 3.20. The summed E-state index contributed by atoms with van der Waals surface area (Å²) in [6.45, 7) is 2.92. The first kappa shape index (κ1) is 14.5. The van der Waals surface area contributed by atoms with Gasteiger partial charge in [0.2, 0.25) is 5.91 Å². The number of rotatable bonds is 4. The molecular weight excluding hydrogens is 294 g/mol. The lowest BCUT2D eigenvalue weighted by Crippen LogP contribution is -2.28. The molecule has 124 valence electrons. The van der Waals surface area contributed by atoms with Crippen molar-refractivity contribution in [2.45, 2.75) is 39.0 Å². The maximum Gasteiger partial charge on any atom is 0.224 e. The molecule has 0 aromatic heterocycles. The van der Waals surface area contributed by atoms with Crippen molar-refractivity contribution < 1.29 is 4.79 Å². The number of hydrogen-bond donors (Lipinski definition) is 1. The summed E-state index contributed by atoms with van der Waals surface area (Å²) in [4.78, 5) is 12.5. The van der Waals surface area contributed by atoms with Crippen molar-refractivity contribution in [2.24, 2.45) is 23.2 Å². The second-order valence-electron chi connectivity index (χ2n) is 8.24. The summed E-state index contributed by atoms with van der Waals surface area (Å²) in [6.07, 6.45) is 19.4. The standard InChI is InChI=1S/C22H25NO/c1-14-3-2-4-19-15(5-7-18(14)19)12-21(24)23-13-16-11-17-6-8-20(16)22(17)9-10-22/h2-5,7,11,17,19-20H,6,8-10,12-13H2,1H3,(H,23,24). The predicted octanol–water partition coefficient (Wildman–Crippen LogP) is 4.24. The molecule has 0 aliphatic heterocycles. The van der Waals surface area contributed by atoms with Crippen molar-refractivity contribution in [1.29, 1.82) is 0 Å². The molecule has 2 nitrogen and oxygen atoms in total. The summed E-state index contributed by atoms with van der Waals surface area (Å²) >= 11 is 0. The van der Waals surface area contributed by atoms with E-state index < -0.39 is 0 Å². The van der Waals surface area contributed by atoms with Gasteiger partial charge in [-0.3, -0.25) is 4.79 Å². The van der Waals surface area contributed by atoms with Crippen LogP contribution in [-0.2, 0) is 4.79 Å². The fourth-order valence-electron chi connectivity index (χ4n) is 5.64. The first-order valence-electron chi connectivity index (χ1n) is 9.41. The van der Waals surface area contributed by atoms with Gasteiger partial charge < -0.3 is 5.32 Å². The van der Waals surface area contributed by atoms with E-state index in [9.17, 15) is 4.79 Å². The Morgan fingerprint density at radius 3 is 2.88 bits per heavy atom. The van der Waals surface area contributed by atoms with E-state index in [0.717, 1.165) is 18.4 Å². The van der Waals surface area contributed by atoms with E-state index in [4.69, 9.17) is 0 Å². The van der Waals surface area contributed by atoms with E-state index in [1.54, 1.807) is 0 Å². The molecule has 0 heterocycles. The highest BCUT2D eigenvalue weighted by atomic mass is 16.1. The van der Waals surface area contributed by atoms with E-state index in [2.05, 4.69) is 48.7 Å². The fourth-order valence-corrected chi connectivity index (χ4v) is 5.64. The number of carbonyl (C=O) groups is 1. The van der Waals surface area contributed by atoms with Crippen LogP contribution in [0.5, 0.6) is 0 Å². The molecule has 0 saturated heterocycles. The maximum absolute atomic E-state index is 12.5. The molecule has 3 unspecified atom stereocenters. The molecule has 2 saturated carbocycles. The van der Waals surface area contributed by atoms with Gasteiger partial charge in [0.05, 0.1) is 0 Å². The summed E-state index contributed by atoms with van der Waals surface area (Å²) < 4.78 is 0. The molecule has 2 heteroatoms. The van der Waals surface area contributed by atoms with Crippen LogP contribution in [0, 0.1) is 23.2 Å². The Morgan fingerprint density at radius 1 is 1.21 bits per heavy atom. The van der Waals surface area contributed by atoms with Crippen LogP contribution in [0.2, 0.25) is 0 Å². The lowest BCUT2D eigenvalue weighted by Gasteiger charge is -2.20. The topological polar surface area (TPSA) is 29.1 Å². The largest absolute Gasteiger partial charge is 0.352 e. The van der Waals surface area contributed by atoms with Crippen LogP contribution in [-0.4, -0.2) is 12.5 Å². The maximum atomic E-state index is 12.5. The molecule has 1 N–H and O–H groups in total. The van der Waals surface area contributed by atoms with Gasteiger partial charge in [-0.25, -0.2) is 0 Å². The van der Waals surface area contributed by atoms with Crippen molar-refractivity contribution in [3.63, 3.8) is 0 Å². The van der Waals surface area contributed by atoms with Crippen LogP contribution in [0.15, 0.2) is 58.7 Å². The zero-order chi connectivity index (χ0) is 16.3. The minimum absolute atomic E-state index is 0.171. The highest BCUT2D eigenvalue weighted by Crippen LogP contribution is 2.70. The van der Waals surface area contributed by atoms with Gasteiger partial charge in [0, 0.05) is 18.9 Å². The molecule has 5 aliphatic rings. The van der Waals surface area contributed by atoms with Gasteiger partial charge in [0.25, 0.3) is 0 Å². The molecule has 0 aromatic carbocycles. The SMILES string of the molecule is CC1=CC=CC2C(CC(=O)NCC3=CC4CCC3C43CC3)=CC=C12. The zero-order valence-corrected chi connectivity index (χ0v) is 14.3. The van der Waals surface area contributed by atoms with Crippen molar-refractivity contribution in [2.75, 3.05) is 6.54 Å². The third-order valence-corrected chi connectivity index (χ3v) is 7.06. The molecule has 5 aliphatic carbocycles. The van der Waals surface area contributed by atoms with Gasteiger partial charge in [0.15, 0.2) is 0 Å². The van der Waals surface area contributed by atoms with Gasteiger partial charge in [-0.2, -0.15) is 0 Å². The van der Waals surface area contributed by atoms with Crippen molar-refractivity contribution in [1.82, 2.24) is 5.32 Å². The number of carbonyl (C=O) groups excluding carboxylic acids is 1. The summed E-state index contributed by atoms with van der Waals surface area (Å²) in [7, 11) is 0. The Balaban J connectivity index is 1.18. The van der Waals surface area contributed by atoms with E-state index in [1.807, 2.05) is 0 Å². The van der Waals surface area contributed by atoms with E-state index >= 15 is 0 Å². The number of hydrogen-bond acceptors (Lipinski definition) is 1.